The average Bonchev–Trinajstić information content (AvgIpc) is 3.46. The third-order valence-electron chi connectivity index (χ3n) is 6.53. The van der Waals surface area contributed by atoms with E-state index in [0.29, 0.717) is 35.0 Å². The third kappa shape index (κ3) is 8.00. The van der Waals surface area contributed by atoms with Crippen LogP contribution in [-0.4, -0.2) is 61.0 Å². The number of hydrogen-bond acceptors (Lipinski definition) is 10. The van der Waals surface area contributed by atoms with Crippen molar-refractivity contribution in [3.05, 3.63) is 81.5 Å². The van der Waals surface area contributed by atoms with E-state index < -0.39 is 26.8 Å². The van der Waals surface area contributed by atoms with Gasteiger partial charge in [0.05, 0.1) is 55.6 Å². The summed E-state index contributed by atoms with van der Waals surface area (Å²) in [5, 5.41) is 5.44. The molecular formula is C29H30Cl2FN5O6S2. The highest BCUT2D eigenvalue weighted by Gasteiger charge is 2.32. The number of anilines is 4. The number of sulfonamides is 1. The lowest BCUT2D eigenvalue weighted by Gasteiger charge is -2.24. The van der Waals surface area contributed by atoms with Crippen molar-refractivity contribution < 1.29 is 31.8 Å². The van der Waals surface area contributed by atoms with Crippen LogP contribution in [0.5, 0.6) is 11.5 Å². The van der Waals surface area contributed by atoms with E-state index in [1.165, 1.54) is 27.5 Å². The highest BCUT2D eigenvalue weighted by molar-refractivity contribution is 7.93. The lowest BCUT2D eigenvalue weighted by atomic mass is 10.2. The maximum Gasteiger partial charge on any atom is 0.406 e. The van der Waals surface area contributed by atoms with Crippen LogP contribution in [0.15, 0.2) is 65.7 Å². The molecule has 0 saturated carbocycles. The van der Waals surface area contributed by atoms with Crippen LogP contribution in [0.4, 0.5) is 31.4 Å². The van der Waals surface area contributed by atoms with Crippen molar-refractivity contribution in [3.63, 3.8) is 0 Å². The van der Waals surface area contributed by atoms with Gasteiger partial charge in [0.2, 0.25) is 5.13 Å². The molecule has 0 aliphatic heterocycles. The number of aromatic nitrogens is 1. The molecule has 0 unspecified atom stereocenters. The first kappa shape index (κ1) is 33.9. The predicted molar refractivity (Wildman–Crippen MR) is 175 cm³/mol. The van der Waals surface area contributed by atoms with E-state index in [9.17, 15) is 13.2 Å². The molecule has 3 aromatic carbocycles. The Morgan fingerprint density at radius 1 is 1.07 bits per heavy atom. The van der Waals surface area contributed by atoms with Crippen molar-refractivity contribution in [3.8, 4) is 11.5 Å². The summed E-state index contributed by atoms with van der Waals surface area (Å²) in [6.07, 6.45) is 0.761. The fourth-order valence-corrected chi connectivity index (χ4v) is 7.08. The normalized spacial score (nSPS) is 11.1. The maximum atomic E-state index is 15.8. The summed E-state index contributed by atoms with van der Waals surface area (Å²) in [6, 6.07) is 14.1. The third-order valence-corrected chi connectivity index (χ3v) is 9.84. The first-order valence-corrected chi connectivity index (χ1v) is 16.3. The van der Waals surface area contributed by atoms with Gasteiger partial charge in [0, 0.05) is 31.8 Å². The molecule has 16 heteroatoms. The molecule has 0 aliphatic carbocycles. The van der Waals surface area contributed by atoms with Gasteiger partial charge in [-0.15, -0.1) is 0 Å². The van der Waals surface area contributed by atoms with Crippen LogP contribution in [0, 0.1) is 5.82 Å². The number of rotatable bonds is 13. The summed E-state index contributed by atoms with van der Waals surface area (Å²) in [6.45, 7) is 0.233. The molecule has 0 saturated heterocycles. The van der Waals surface area contributed by atoms with Crippen molar-refractivity contribution in [1.82, 2.24) is 10.3 Å². The number of carbonyl (C=O) groups excluding carboxylic acids is 1. The molecule has 0 radical (unpaired) electrons. The van der Waals surface area contributed by atoms with Crippen molar-refractivity contribution in [1.29, 1.82) is 0 Å². The smallest absolute Gasteiger partial charge is 0.406 e. The Hall–Kier alpha value is -3.98. The molecule has 4 rings (SSSR count). The zero-order valence-electron chi connectivity index (χ0n) is 24.6. The van der Waals surface area contributed by atoms with Gasteiger partial charge in [0.25, 0.3) is 10.0 Å². The number of carbonyl (C=O) groups is 1. The first-order chi connectivity index (χ1) is 21.5. The van der Waals surface area contributed by atoms with Crippen molar-refractivity contribution in [2.75, 3.05) is 56.0 Å². The van der Waals surface area contributed by atoms with Gasteiger partial charge >= 0.3 is 6.09 Å². The molecule has 240 valence electrons. The summed E-state index contributed by atoms with van der Waals surface area (Å²) < 4.78 is 60.8. The van der Waals surface area contributed by atoms with Gasteiger partial charge < -0.3 is 29.7 Å². The molecule has 0 spiro atoms. The van der Waals surface area contributed by atoms with Gasteiger partial charge in [-0.1, -0.05) is 46.7 Å². The summed E-state index contributed by atoms with van der Waals surface area (Å²) in [7, 11) is 1.63. The Bertz CT molecular complexity index is 1780. The van der Waals surface area contributed by atoms with Gasteiger partial charge in [-0.3, -0.25) is 0 Å². The zero-order chi connectivity index (χ0) is 32.7. The fourth-order valence-electron chi connectivity index (χ4n) is 4.22. The summed E-state index contributed by atoms with van der Waals surface area (Å²) in [5.74, 6) is -0.173. The number of hydrogen-bond donors (Lipinski definition) is 2. The highest BCUT2D eigenvalue weighted by Crippen LogP contribution is 2.38. The number of thiazole rings is 1. The van der Waals surface area contributed by atoms with E-state index in [-0.39, 0.29) is 33.3 Å². The molecule has 11 nitrogen and oxygen atoms in total. The lowest BCUT2D eigenvalue weighted by Crippen LogP contribution is -2.31. The molecule has 1 heterocycles. The van der Waals surface area contributed by atoms with Gasteiger partial charge in [-0.2, -0.15) is 0 Å². The Labute approximate surface area is 274 Å². The van der Waals surface area contributed by atoms with Gasteiger partial charge in [0.15, 0.2) is 0 Å². The lowest BCUT2D eigenvalue weighted by molar-refractivity contribution is 0.151. The number of nitrogens with one attached hydrogen (secondary N) is 2. The second-order valence-corrected chi connectivity index (χ2v) is 13.2. The minimum atomic E-state index is -4.57. The fraction of sp³-hybridized carbons (Fsp3) is 0.241. The van der Waals surface area contributed by atoms with E-state index in [1.807, 2.05) is 17.0 Å². The predicted octanol–water partition coefficient (Wildman–Crippen LogP) is 6.54. The molecule has 0 bridgehead atoms. The molecular weight excluding hydrogens is 668 g/mol. The Morgan fingerprint density at radius 3 is 2.49 bits per heavy atom. The monoisotopic (exact) mass is 697 g/mol. The van der Waals surface area contributed by atoms with Crippen LogP contribution in [0.25, 0.3) is 0 Å². The number of halogens is 3. The summed E-state index contributed by atoms with van der Waals surface area (Å²) in [5.41, 5.74) is 1.87. The Balaban J connectivity index is 1.66. The van der Waals surface area contributed by atoms with Crippen molar-refractivity contribution in [2.45, 2.75) is 11.4 Å². The SMILES string of the molecule is CNC(=O)OCCN(C)c1ccccc1Nc1cc(F)c(S(=O)(=O)N(Cc2ccc(OC)cc2OC)c2ncc(Cl)s2)cc1Cl. The van der Waals surface area contributed by atoms with E-state index in [0.717, 1.165) is 27.8 Å². The van der Waals surface area contributed by atoms with Crippen LogP contribution < -0.4 is 29.3 Å². The van der Waals surface area contributed by atoms with E-state index >= 15 is 4.39 Å². The van der Waals surface area contributed by atoms with E-state index in [1.54, 1.807) is 37.4 Å². The number of nitrogens with zero attached hydrogens (tertiary/aromatic N) is 3. The maximum absolute atomic E-state index is 15.8. The Kier molecular flexibility index (Phi) is 11.2. The molecule has 1 aromatic heterocycles. The van der Waals surface area contributed by atoms with E-state index in [4.69, 9.17) is 37.4 Å². The molecule has 4 aromatic rings. The second-order valence-electron chi connectivity index (χ2n) is 9.35. The number of methoxy groups -OCH3 is 2. The Morgan fingerprint density at radius 2 is 1.82 bits per heavy atom. The van der Waals surface area contributed by atoms with Gasteiger partial charge in [-0.05, 0) is 30.3 Å². The van der Waals surface area contributed by atoms with E-state index in [2.05, 4.69) is 15.6 Å². The average molecular weight is 699 g/mol. The molecule has 0 atom stereocenters. The number of para-hydroxylation sites is 2. The standard InChI is InChI=1S/C29H30Cl2FN5O6S2/c1-33-29(38)43-12-11-36(2)24-8-6-5-7-22(24)35-23-15-21(32)26(14-20(23)30)45(39,40)37(28-34-16-27(31)44-28)17-18-9-10-19(41-3)13-25(18)42-4/h5-10,13-16,35H,11-12,17H2,1-4H3,(H,33,38). The zero-order valence-corrected chi connectivity index (χ0v) is 27.8. The van der Waals surface area contributed by atoms with Crippen LogP contribution in [0.1, 0.15) is 5.56 Å². The van der Waals surface area contributed by atoms with Crippen molar-refractivity contribution >= 4 is 72.8 Å². The number of alkyl carbamates (subject to hydrolysis) is 1. The number of benzene rings is 3. The minimum absolute atomic E-state index is 0.0213. The number of likely N-dealkylation sites (N-methyl/N-ethyl adjacent to an activating group) is 1. The molecule has 0 aliphatic rings. The molecule has 0 fully saturated rings. The quantitative estimate of drug-likeness (QED) is 0.160. The van der Waals surface area contributed by atoms with Crippen LogP contribution >= 0.6 is 34.5 Å². The minimum Gasteiger partial charge on any atom is -0.497 e. The van der Waals surface area contributed by atoms with Gasteiger partial charge in [0.1, 0.15) is 33.2 Å². The van der Waals surface area contributed by atoms with Gasteiger partial charge in [-0.25, -0.2) is 26.9 Å². The molecule has 1 amide bonds. The summed E-state index contributed by atoms with van der Waals surface area (Å²) >= 11 is 13.6. The highest BCUT2D eigenvalue weighted by atomic mass is 35.5. The largest absolute Gasteiger partial charge is 0.497 e. The first-order valence-electron chi connectivity index (χ1n) is 13.2. The van der Waals surface area contributed by atoms with Crippen LogP contribution in [0.3, 0.4) is 0 Å². The van der Waals surface area contributed by atoms with Crippen molar-refractivity contribution in [2.24, 2.45) is 0 Å². The summed E-state index contributed by atoms with van der Waals surface area (Å²) in [4.78, 5) is 16.7. The molecule has 2 N–H and O–H groups in total. The number of amides is 1. The topological polar surface area (TPSA) is 122 Å². The molecule has 45 heavy (non-hydrogen) atoms. The second kappa shape index (κ2) is 14.9. The van der Waals surface area contributed by atoms with Crippen LogP contribution in [-0.2, 0) is 21.3 Å². The van der Waals surface area contributed by atoms with Crippen LogP contribution in [0.2, 0.25) is 9.36 Å². The number of ether oxygens (including phenoxy) is 3.